The SMILES string of the molecule is CCNC(=NCc1ccc(C)c(OC)c1)NCCn1cccc1. The zero-order valence-electron chi connectivity index (χ0n) is 14.2. The van der Waals surface area contributed by atoms with Crippen LogP contribution in [0.4, 0.5) is 0 Å². The number of guanidine groups is 1. The van der Waals surface area contributed by atoms with Crippen molar-refractivity contribution < 1.29 is 4.74 Å². The smallest absolute Gasteiger partial charge is 0.191 e. The van der Waals surface area contributed by atoms with Gasteiger partial charge < -0.3 is 19.9 Å². The number of aliphatic imine (C=N–C) groups is 1. The third-order valence-corrected chi connectivity index (χ3v) is 3.57. The van der Waals surface area contributed by atoms with Crippen LogP contribution in [0.15, 0.2) is 47.7 Å². The van der Waals surface area contributed by atoms with Gasteiger partial charge in [0.1, 0.15) is 5.75 Å². The van der Waals surface area contributed by atoms with Crippen molar-refractivity contribution in [3.8, 4) is 5.75 Å². The van der Waals surface area contributed by atoms with Gasteiger partial charge in [-0.2, -0.15) is 0 Å². The van der Waals surface area contributed by atoms with Crippen LogP contribution < -0.4 is 15.4 Å². The lowest BCUT2D eigenvalue weighted by molar-refractivity contribution is 0.411. The van der Waals surface area contributed by atoms with Crippen molar-refractivity contribution in [1.29, 1.82) is 0 Å². The van der Waals surface area contributed by atoms with E-state index in [9.17, 15) is 0 Å². The summed E-state index contributed by atoms with van der Waals surface area (Å²) in [6.07, 6.45) is 4.12. The van der Waals surface area contributed by atoms with Gasteiger partial charge in [0.25, 0.3) is 0 Å². The standard InChI is InChI=1S/C18H26N4O/c1-4-19-18(20-9-12-22-10-5-6-11-22)21-14-16-8-7-15(2)17(13-16)23-3/h5-8,10-11,13H,4,9,12,14H2,1-3H3,(H2,19,20,21). The maximum Gasteiger partial charge on any atom is 0.191 e. The largest absolute Gasteiger partial charge is 0.496 e. The molecule has 2 rings (SSSR count). The molecule has 0 saturated carbocycles. The Balaban J connectivity index is 1.92. The summed E-state index contributed by atoms with van der Waals surface area (Å²) in [7, 11) is 1.70. The van der Waals surface area contributed by atoms with E-state index in [1.54, 1.807) is 7.11 Å². The predicted molar refractivity (Wildman–Crippen MR) is 95.0 cm³/mol. The molecule has 5 heteroatoms. The molecular formula is C18H26N4O. The minimum atomic E-state index is 0.621. The van der Waals surface area contributed by atoms with Crippen LogP contribution in [0.5, 0.6) is 5.75 Å². The van der Waals surface area contributed by atoms with Crippen molar-refractivity contribution in [2.45, 2.75) is 26.9 Å². The first-order valence-electron chi connectivity index (χ1n) is 7.99. The number of aryl methyl sites for hydroxylation is 1. The second kappa shape index (κ2) is 8.88. The number of hydrogen-bond acceptors (Lipinski definition) is 2. The van der Waals surface area contributed by atoms with E-state index in [2.05, 4.69) is 51.6 Å². The average Bonchev–Trinajstić information content (AvgIpc) is 3.07. The zero-order chi connectivity index (χ0) is 16.5. The van der Waals surface area contributed by atoms with Crippen LogP contribution in [-0.4, -0.2) is 30.7 Å². The molecule has 0 atom stereocenters. The molecule has 0 aliphatic heterocycles. The number of hydrogen-bond donors (Lipinski definition) is 2. The van der Waals surface area contributed by atoms with Crippen LogP contribution in [0.3, 0.4) is 0 Å². The molecule has 0 fully saturated rings. The highest BCUT2D eigenvalue weighted by Crippen LogP contribution is 2.19. The number of nitrogens with zero attached hydrogens (tertiary/aromatic N) is 2. The topological polar surface area (TPSA) is 50.6 Å². The van der Waals surface area contributed by atoms with Crippen molar-refractivity contribution >= 4 is 5.96 Å². The van der Waals surface area contributed by atoms with Gasteiger partial charge in [-0.15, -0.1) is 0 Å². The number of aromatic nitrogens is 1. The summed E-state index contributed by atoms with van der Waals surface area (Å²) in [5.74, 6) is 1.74. The van der Waals surface area contributed by atoms with E-state index < -0.39 is 0 Å². The Morgan fingerprint density at radius 2 is 2.00 bits per heavy atom. The highest BCUT2D eigenvalue weighted by Gasteiger charge is 2.01. The Morgan fingerprint density at radius 3 is 2.70 bits per heavy atom. The van der Waals surface area contributed by atoms with E-state index in [0.29, 0.717) is 6.54 Å². The van der Waals surface area contributed by atoms with Crippen LogP contribution in [0.25, 0.3) is 0 Å². The molecule has 0 amide bonds. The zero-order valence-corrected chi connectivity index (χ0v) is 14.2. The van der Waals surface area contributed by atoms with Crippen molar-refractivity contribution in [2.75, 3.05) is 20.2 Å². The number of benzene rings is 1. The van der Waals surface area contributed by atoms with E-state index >= 15 is 0 Å². The maximum atomic E-state index is 5.36. The lowest BCUT2D eigenvalue weighted by Gasteiger charge is -2.12. The van der Waals surface area contributed by atoms with Gasteiger partial charge in [0.15, 0.2) is 5.96 Å². The second-order valence-electron chi connectivity index (χ2n) is 5.35. The fourth-order valence-electron chi connectivity index (χ4n) is 2.30. The van der Waals surface area contributed by atoms with E-state index in [4.69, 9.17) is 4.74 Å². The first-order chi connectivity index (χ1) is 11.2. The van der Waals surface area contributed by atoms with Crippen LogP contribution in [0, 0.1) is 6.92 Å². The molecule has 0 aliphatic carbocycles. The molecule has 0 spiro atoms. The fraction of sp³-hybridized carbons (Fsp3) is 0.389. The quantitative estimate of drug-likeness (QED) is 0.610. The first kappa shape index (κ1) is 16.9. The average molecular weight is 314 g/mol. The molecule has 1 aromatic heterocycles. The van der Waals surface area contributed by atoms with E-state index in [1.165, 1.54) is 0 Å². The van der Waals surface area contributed by atoms with E-state index in [0.717, 1.165) is 42.5 Å². The highest BCUT2D eigenvalue weighted by atomic mass is 16.5. The maximum absolute atomic E-state index is 5.36. The fourth-order valence-corrected chi connectivity index (χ4v) is 2.30. The summed E-state index contributed by atoms with van der Waals surface area (Å²) < 4.78 is 7.50. The molecule has 5 nitrogen and oxygen atoms in total. The Bertz CT molecular complexity index is 620. The summed E-state index contributed by atoms with van der Waals surface area (Å²) >= 11 is 0. The van der Waals surface area contributed by atoms with Crippen LogP contribution >= 0.6 is 0 Å². The molecule has 2 aromatic rings. The summed E-state index contributed by atoms with van der Waals surface area (Å²) in [4.78, 5) is 4.64. The Kier molecular flexibility index (Phi) is 6.54. The molecule has 0 aliphatic rings. The van der Waals surface area contributed by atoms with Gasteiger partial charge >= 0.3 is 0 Å². The predicted octanol–water partition coefficient (Wildman–Crippen LogP) is 2.56. The Labute approximate surface area is 138 Å². The van der Waals surface area contributed by atoms with Gasteiger partial charge in [-0.05, 0) is 43.2 Å². The minimum absolute atomic E-state index is 0.621. The van der Waals surface area contributed by atoms with Crippen molar-refractivity contribution in [2.24, 2.45) is 4.99 Å². The molecule has 2 N–H and O–H groups in total. The van der Waals surface area contributed by atoms with Crippen molar-refractivity contribution in [3.63, 3.8) is 0 Å². The summed E-state index contributed by atoms with van der Waals surface area (Å²) in [6.45, 7) is 7.31. The van der Waals surface area contributed by atoms with Gasteiger partial charge in [-0.3, -0.25) is 0 Å². The number of ether oxygens (including phenoxy) is 1. The molecule has 1 aromatic carbocycles. The van der Waals surface area contributed by atoms with Crippen molar-refractivity contribution in [3.05, 3.63) is 53.9 Å². The summed E-state index contributed by atoms with van der Waals surface area (Å²) in [6, 6.07) is 10.3. The van der Waals surface area contributed by atoms with Crippen molar-refractivity contribution in [1.82, 2.24) is 15.2 Å². The Hall–Kier alpha value is -2.43. The molecule has 1 heterocycles. The monoisotopic (exact) mass is 314 g/mol. The molecule has 23 heavy (non-hydrogen) atoms. The van der Waals surface area contributed by atoms with E-state index in [-0.39, 0.29) is 0 Å². The first-order valence-corrected chi connectivity index (χ1v) is 7.99. The molecule has 124 valence electrons. The molecule has 0 radical (unpaired) electrons. The third kappa shape index (κ3) is 5.36. The lowest BCUT2D eigenvalue weighted by Crippen LogP contribution is -2.38. The van der Waals surface area contributed by atoms with Crippen LogP contribution in [0.2, 0.25) is 0 Å². The highest BCUT2D eigenvalue weighted by molar-refractivity contribution is 5.79. The normalized spacial score (nSPS) is 11.3. The second-order valence-corrected chi connectivity index (χ2v) is 5.35. The van der Waals surface area contributed by atoms with Gasteiger partial charge in [-0.1, -0.05) is 12.1 Å². The Morgan fingerprint density at radius 1 is 1.22 bits per heavy atom. The van der Waals surface area contributed by atoms with Crippen LogP contribution in [0.1, 0.15) is 18.1 Å². The summed E-state index contributed by atoms with van der Waals surface area (Å²) in [5.41, 5.74) is 2.27. The lowest BCUT2D eigenvalue weighted by atomic mass is 10.1. The minimum Gasteiger partial charge on any atom is -0.496 e. The molecule has 0 bridgehead atoms. The number of rotatable bonds is 7. The van der Waals surface area contributed by atoms with Gasteiger partial charge in [0.2, 0.25) is 0 Å². The van der Waals surface area contributed by atoms with Gasteiger partial charge in [0, 0.05) is 32.0 Å². The number of nitrogens with one attached hydrogen (secondary N) is 2. The third-order valence-electron chi connectivity index (χ3n) is 3.57. The summed E-state index contributed by atoms with van der Waals surface area (Å²) in [5, 5.41) is 6.63. The van der Waals surface area contributed by atoms with E-state index in [1.807, 2.05) is 25.1 Å². The number of methoxy groups -OCH3 is 1. The molecular weight excluding hydrogens is 288 g/mol. The van der Waals surface area contributed by atoms with Crippen LogP contribution in [-0.2, 0) is 13.1 Å². The van der Waals surface area contributed by atoms with Gasteiger partial charge in [0.05, 0.1) is 13.7 Å². The van der Waals surface area contributed by atoms with Gasteiger partial charge in [-0.25, -0.2) is 4.99 Å². The molecule has 0 saturated heterocycles. The molecule has 0 unspecified atom stereocenters.